The fourth-order valence-corrected chi connectivity index (χ4v) is 5.66. The smallest absolute Gasteiger partial charge is 0.0912 e. The Kier molecular flexibility index (Phi) is 3.85. The van der Waals surface area contributed by atoms with E-state index in [1.165, 1.54) is 61.8 Å². The molecule has 2 aliphatic carbocycles. The van der Waals surface area contributed by atoms with E-state index in [2.05, 4.69) is 6.07 Å². The minimum atomic E-state index is -0.261. The van der Waals surface area contributed by atoms with Crippen molar-refractivity contribution in [2.45, 2.75) is 75.9 Å². The molecule has 1 saturated carbocycles. The predicted molar refractivity (Wildman–Crippen MR) is 85.8 cm³/mol. The van der Waals surface area contributed by atoms with E-state index >= 15 is 0 Å². The number of aryl methyl sites for hydroxylation is 2. The summed E-state index contributed by atoms with van der Waals surface area (Å²) in [4.78, 5) is 2.77. The van der Waals surface area contributed by atoms with E-state index in [4.69, 9.17) is 4.74 Å². The highest BCUT2D eigenvalue weighted by molar-refractivity contribution is 7.12. The van der Waals surface area contributed by atoms with Gasteiger partial charge in [0.15, 0.2) is 0 Å². The highest BCUT2D eigenvalue weighted by Gasteiger charge is 2.44. The second-order valence-corrected chi connectivity index (χ2v) is 8.41. The minimum absolute atomic E-state index is 0.137. The molecule has 2 unspecified atom stereocenters. The molecule has 0 bridgehead atoms. The van der Waals surface area contributed by atoms with Crippen molar-refractivity contribution in [3.05, 3.63) is 21.4 Å². The summed E-state index contributed by atoms with van der Waals surface area (Å²) in [6, 6.07) is 2.32. The fraction of sp³-hybridized carbons (Fsp3) is 0.778. The highest BCUT2D eigenvalue weighted by atomic mass is 32.1. The topological polar surface area (TPSA) is 29.5 Å². The van der Waals surface area contributed by atoms with Gasteiger partial charge in [0.05, 0.1) is 11.7 Å². The molecule has 1 N–H and O–H groups in total. The van der Waals surface area contributed by atoms with Crippen LogP contribution in [0.2, 0.25) is 0 Å². The summed E-state index contributed by atoms with van der Waals surface area (Å²) in [5, 5.41) is 10.9. The Bertz CT molecular complexity index is 480. The summed E-state index contributed by atoms with van der Waals surface area (Å²) in [6.45, 7) is 0.840. The van der Waals surface area contributed by atoms with Crippen molar-refractivity contribution >= 4 is 11.3 Å². The van der Waals surface area contributed by atoms with Crippen LogP contribution in [0.25, 0.3) is 0 Å². The molecule has 3 heteroatoms. The van der Waals surface area contributed by atoms with Crippen LogP contribution in [0, 0.1) is 5.92 Å². The Morgan fingerprint density at radius 1 is 1.19 bits per heavy atom. The van der Waals surface area contributed by atoms with Gasteiger partial charge in [-0.3, -0.25) is 0 Å². The van der Waals surface area contributed by atoms with Gasteiger partial charge in [0.2, 0.25) is 0 Å². The molecule has 2 nitrogen and oxygen atoms in total. The standard InChI is InChI=1S/C18H26O2S/c19-17(14-7-10-20-18(12-14)8-4-9-18)16-11-13-5-2-1-3-6-15(13)21-16/h11,14,17,19H,1-10,12H2. The maximum Gasteiger partial charge on any atom is 0.0912 e. The molecule has 1 saturated heterocycles. The maximum absolute atomic E-state index is 10.9. The molecular formula is C18H26O2S. The largest absolute Gasteiger partial charge is 0.387 e. The molecule has 2 fully saturated rings. The van der Waals surface area contributed by atoms with Crippen LogP contribution < -0.4 is 0 Å². The number of aliphatic hydroxyl groups excluding tert-OH is 1. The third kappa shape index (κ3) is 2.69. The molecule has 2 heterocycles. The Hall–Kier alpha value is -0.380. The zero-order valence-corrected chi connectivity index (χ0v) is 13.6. The van der Waals surface area contributed by atoms with Crippen molar-refractivity contribution in [2.75, 3.05) is 6.61 Å². The van der Waals surface area contributed by atoms with Gasteiger partial charge in [0.25, 0.3) is 0 Å². The molecule has 2 atom stereocenters. The molecule has 21 heavy (non-hydrogen) atoms. The Balaban J connectivity index is 1.50. The first kappa shape index (κ1) is 14.2. The maximum atomic E-state index is 10.9. The molecule has 3 aliphatic rings. The van der Waals surface area contributed by atoms with Crippen LogP contribution in [0.4, 0.5) is 0 Å². The second-order valence-electron chi connectivity index (χ2n) is 7.24. The van der Waals surface area contributed by atoms with Gasteiger partial charge in [0.1, 0.15) is 0 Å². The van der Waals surface area contributed by atoms with Crippen LogP contribution in [0.5, 0.6) is 0 Å². The molecule has 1 spiro atoms. The lowest BCUT2D eigenvalue weighted by Crippen LogP contribution is -2.46. The Morgan fingerprint density at radius 2 is 2.05 bits per heavy atom. The quantitative estimate of drug-likeness (QED) is 0.821. The summed E-state index contributed by atoms with van der Waals surface area (Å²) in [6.07, 6.45) is 12.0. The monoisotopic (exact) mass is 306 g/mol. The van der Waals surface area contributed by atoms with Crippen LogP contribution in [0.3, 0.4) is 0 Å². The average Bonchev–Trinajstić information content (AvgIpc) is 2.76. The van der Waals surface area contributed by atoms with Gasteiger partial charge in [-0.25, -0.2) is 0 Å². The van der Waals surface area contributed by atoms with E-state index in [0.717, 1.165) is 19.4 Å². The number of hydrogen-bond donors (Lipinski definition) is 1. The van der Waals surface area contributed by atoms with Gasteiger partial charge < -0.3 is 9.84 Å². The number of thiophene rings is 1. The number of rotatable bonds is 2. The van der Waals surface area contributed by atoms with Crippen molar-refractivity contribution in [1.82, 2.24) is 0 Å². The van der Waals surface area contributed by atoms with Crippen molar-refractivity contribution in [2.24, 2.45) is 5.92 Å². The molecule has 1 aromatic rings. The van der Waals surface area contributed by atoms with Gasteiger partial charge in [0, 0.05) is 16.4 Å². The van der Waals surface area contributed by atoms with E-state index in [9.17, 15) is 5.11 Å². The first-order valence-electron chi connectivity index (χ1n) is 8.69. The van der Waals surface area contributed by atoms with Gasteiger partial charge in [-0.1, -0.05) is 6.42 Å². The Morgan fingerprint density at radius 3 is 2.86 bits per heavy atom. The zero-order chi connectivity index (χ0) is 14.3. The van der Waals surface area contributed by atoms with Crippen LogP contribution in [-0.4, -0.2) is 17.3 Å². The SMILES string of the molecule is OC(c1cc2c(s1)CCCCC2)C1CCOC2(CCC2)C1. The number of ether oxygens (including phenoxy) is 1. The van der Waals surface area contributed by atoms with Crippen LogP contribution in [0.1, 0.15) is 72.8 Å². The van der Waals surface area contributed by atoms with Crippen LogP contribution in [-0.2, 0) is 17.6 Å². The predicted octanol–water partition coefficient (Wildman–Crippen LogP) is 4.40. The molecule has 0 amide bonds. The van der Waals surface area contributed by atoms with E-state index in [0.29, 0.717) is 5.92 Å². The van der Waals surface area contributed by atoms with E-state index < -0.39 is 0 Å². The number of aliphatic hydroxyl groups is 1. The average molecular weight is 306 g/mol. The van der Waals surface area contributed by atoms with Gasteiger partial charge in [-0.15, -0.1) is 11.3 Å². The minimum Gasteiger partial charge on any atom is -0.387 e. The summed E-state index contributed by atoms with van der Waals surface area (Å²) >= 11 is 1.89. The third-order valence-corrected chi connectivity index (χ3v) is 7.11. The molecule has 1 aliphatic heterocycles. The third-order valence-electron chi connectivity index (χ3n) is 5.80. The van der Waals surface area contributed by atoms with E-state index in [1.54, 1.807) is 4.88 Å². The first-order chi connectivity index (χ1) is 10.3. The first-order valence-corrected chi connectivity index (χ1v) is 9.51. The van der Waals surface area contributed by atoms with Crippen molar-refractivity contribution < 1.29 is 9.84 Å². The molecule has 0 radical (unpaired) electrons. The van der Waals surface area contributed by atoms with Crippen LogP contribution in [0.15, 0.2) is 6.07 Å². The summed E-state index contributed by atoms with van der Waals surface area (Å²) < 4.78 is 6.01. The molecule has 0 aromatic carbocycles. The van der Waals surface area contributed by atoms with E-state index in [1.807, 2.05) is 11.3 Å². The number of fused-ring (bicyclic) bond motifs is 1. The van der Waals surface area contributed by atoms with Crippen molar-refractivity contribution in [3.8, 4) is 0 Å². The lowest BCUT2D eigenvalue weighted by Gasteiger charge is -2.48. The fourth-order valence-electron chi connectivity index (χ4n) is 4.32. The highest BCUT2D eigenvalue weighted by Crippen LogP contribution is 2.48. The number of hydrogen-bond acceptors (Lipinski definition) is 3. The van der Waals surface area contributed by atoms with Gasteiger partial charge in [-0.05, 0) is 75.3 Å². The van der Waals surface area contributed by atoms with Gasteiger partial charge in [-0.2, -0.15) is 0 Å². The lowest BCUT2D eigenvalue weighted by atomic mass is 9.70. The lowest BCUT2D eigenvalue weighted by molar-refractivity contribution is -0.157. The van der Waals surface area contributed by atoms with Gasteiger partial charge >= 0.3 is 0 Å². The summed E-state index contributed by atoms with van der Waals surface area (Å²) in [7, 11) is 0. The molecule has 116 valence electrons. The Labute approximate surface area is 131 Å². The van der Waals surface area contributed by atoms with E-state index in [-0.39, 0.29) is 11.7 Å². The molecule has 1 aromatic heterocycles. The zero-order valence-electron chi connectivity index (χ0n) is 12.8. The van der Waals surface area contributed by atoms with Crippen LogP contribution >= 0.6 is 11.3 Å². The normalized spacial score (nSPS) is 29.5. The van der Waals surface area contributed by atoms with Crippen molar-refractivity contribution in [3.63, 3.8) is 0 Å². The molecule has 4 rings (SSSR count). The molecular weight excluding hydrogens is 280 g/mol. The summed E-state index contributed by atoms with van der Waals surface area (Å²) in [5.74, 6) is 0.404. The second kappa shape index (κ2) is 5.68. The van der Waals surface area contributed by atoms with Crippen molar-refractivity contribution in [1.29, 1.82) is 0 Å². The summed E-state index contributed by atoms with van der Waals surface area (Å²) in [5.41, 5.74) is 1.66.